The van der Waals surface area contributed by atoms with E-state index in [1.54, 1.807) is 14.0 Å². The first-order valence-electron chi connectivity index (χ1n) is 7.68. The van der Waals surface area contributed by atoms with Gasteiger partial charge in [-0.3, -0.25) is 4.79 Å². The normalized spacial score (nSPS) is 19.1. The highest BCUT2D eigenvalue weighted by Gasteiger charge is 2.20. The second-order valence-corrected chi connectivity index (χ2v) is 5.74. The lowest BCUT2D eigenvalue weighted by atomic mass is 9.98. The molecular weight excluding hydrogens is 282 g/mol. The number of piperidine rings is 1. The molecule has 7 nitrogen and oxygen atoms in total. The number of likely N-dealkylation sites (tertiary alicyclic amines) is 1. The second kappa shape index (κ2) is 8.05. The minimum atomic E-state index is -0.133. The molecule has 1 aliphatic heterocycles. The first-order valence-corrected chi connectivity index (χ1v) is 7.68. The summed E-state index contributed by atoms with van der Waals surface area (Å²) in [5.74, 6) is 0.534. The Morgan fingerprint density at radius 3 is 3.14 bits per heavy atom. The molecule has 2 heterocycles. The Morgan fingerprint density at radius 2 is 2.41 bits per heavy atom. The number of anilines is 1. The molecule has 1 amide bonds. The van der Waals surface area contributed by atoms with E-state index < -0.39 is 0 Å². The van der Waals surface area contributed by atoms with Crippen LogP contribution >= 0.6 is 0 Å². The first kappa shape index (κ1) is 16.6. The highest BCUT2D eigenvalue weighted by atomic mass is 16.5. The summed E-state index contributed by atoms with van der Waals surface area (Å²) in [7, 11) is 1.72. The van der Waals surface area contributed by atoms with Crippen molar-refractivity contribution in [1.82, 2.24) is 20.2 Å². The Kier molecular flexibility index (Phi) is 6.09. The van der Waals surface area contributed by atoms with Gasteiger partial charge in [0, 0.05) is 32.9 Å². The second-order valence-electron chi connectivity index (χ2n) is 5.74. The average molecular weight is 307 g/mol. The van der Waals surface area contributed by atoms with Crippen LogP contribution in [0.5, 0.6) is 0 Å². The number of hydrogen-bond donors (Lipinski definition) is 2. The van der Waals surface area contributed by atoms with Gasteiger partial charge in [-0.2, -0.15) is 0 Å². The van der Waals surface area contributed by atoms with Crippen LogP contribution < -0.4 is 11.1 Å². The third-order valence-electron chi connectivity index (χ3n) is 4.01. The highest BCUT2D eigenvalue weighted by molar-refractivity contribution is 5.94. The quantitative estimate of drug-likeness (QED) is 0.793. The highest BCUT2D eigenvalue weighted by Crippen LogP contribution is 2.15. The molecule has 1 aromatic heterocycles. The smallest absolute Gasteiger partial charge is 0.254 e. The standard InChI is InChI=1S/C15H25N5O2/c1-11-13(9-18-15(16)19-11)14(21)17-8-12-4-3-5-20(10-12)6-7-22-2/h9,12H,3-8,10H2,1-2H3,(H,17,21)(H2,16,18,19). The molecule has 0 radical (unpaired) electrons. The number of nitrogens with one attached hydrogen (secondary N) is 1. The summed E-state index contributed by atoms with van der Waals surface area (Å²) in [5.41, 5.74) is 6.60. The molecule has 1 aliphatic rings. The van der Waals surface area contributed by atoms with Crippen molar-refractivity contribution in [2.24, 2.45) is 5.92 Å². The Bertz CT molecular complexity index is 509. The summed E-state index contributed by atoms with van der Waals surface area (Å²) in [6, 6.07) is 0. The van der Waals surface area contributed by atoms with Crippen molar-refractivity contribution >= 4 is 11.9 Å². The zero-order valence-electron chi connectivity index (χ0n) is 13.3. The number of methoxy groups -OCH3 is 1. The lowest BCUT2D eigenvalue weighted by Gasteiger charge is -2.32. The maximum atomic E-state index is 12.2. The molecule has 0 bridgehead atoms. The Morgan fingerprint density at radius 1 is 1.59 bits per heavy atom. The van der Waals surface area contributed by atoms with E-state index in [1.165, 1.54) is 6.20 Å². The lowest BCUT2D eigenvalue weighted by Crippen LogP contribution is -2.42. The minimum Gasteiger partial charge on any atom is -0.383 e. The van der Waals surface area contributed by atoms with Gasteiger partial charge in [0.25, 0.3) is 5.91 Å². The van der Waals surface area contributed by atoms with E-state index in [1.807, 2.05) is 0 Å². The number of aryl methyl sites for hydroxylation is 1. The summed E-state index contributed by atoms with van der Waals surface area (Å²) < 4.78 is 5.12. The lowest BCUT2D eigenvalue weighted by molar-refractivity contribution is 0.0912. The maximum Gasteiger partial charge on any atom is 0.254 e. The van der Waals surface area contributed by atoms with Gasteiger partial charge in [-0.15, -0.1) is 0 Å². The van der Waals surface area contributed by atoms with Gasteiger partial charge in [-0.05, 0) is 32.2 Å². The number of ether oxygens (including phenoxy) is 1. The Labute approximate surface area is 131 Å². The molecule has 1 atom stereocenters. The third kappa shape index (κ3) is 4.64. The van der Waals surface area contributed by atoms with E-state index >= 15 is 0 Å². The first-order chi connectivity index (χ1) is 10.6. The topological polar surface area (TPSA) is 93.4 Å². The van der Waals surface area contributed by atoms with Gasteiger partial charge >= 0.3 is 0 Å². The van der Waals surface area contributed by atoms with E-state index in [9.17, 15) is 4.79 Å². The predicted molar refractivity (Wildman–Crippen MR) is 84.6 cm³/mol. The van der Waals surface area contributed by atoms with Gasteiger partial charge < -0.3 is 20.7 Å². The van der Waals surface area contributed by atoms with Crippen LogP contribution in [0.1, 0.15) is 28.9 Å². The SMILES string of the molecule is COCCN1CCCC(CNC(=O)c2cnc(N)nc2C)C1. The molecule has 1 unspecified atom stereocenters. The molecule has 0 spiro atoms. The molecule has 7 heteroatoms. The van der Waals surface area contributed by atoms with Crippen molar-refractivity contribution < 1.29 is 9.53 Å². The number of rotatable bonds is 6. The third-order valence-corrected chi connectivity index (χ3v) is 4.01. The van der Waals surface area contributed by atoms with E-state index in [4.69, 9.17) is 10.5 Å². The van der Waals surface area contributed by atoms with Gasteiger partial charge in [-0.1, -0.05) is 0 Å². The van der Waals surface area contributed by atoms with Crippen molar-refractivity contribution in [3.05, 3.63) is 17.5 Å². The fraction of sp³-hybridized carbons (Fsp3) is 0.667. The number of aromatic nitrogens is 2. The van der Waals surface area contributed by atoms with Crippen LogP contribution in [-0.2, 0) is 4.74 Å². The number of hydrogen-bond acceptors (Lipinski definition) is 6. The number of nitrogen functional groups attached to an aromatic ring is 1. The van der Waals surface area contributed by atoms with Crippen LogP contribution in [0, 0.1) is 12.8 Å². The molecule has 2 rings (SSSR count). The van der Waals surface area contributed by atoms with Crippen LogP contribution in [-0.4, -0.2) is 60.7 Å². The number of nitrogens with two attached hydrogens (primary N) is 1. The van der Waals surface area contributed by atoms with Crippen molar-refractivity contribution in [3.8, 4) is 0 Å². The van der Waals surface area contributed by atoms with E-state index in [-0.39, 0.29) is 11.9 Å². The maximum absolute atomic E-state index is 12.2. The minimum absolute atomic E-state index is 0.133. The molecule has 0 aliphatic carbocycles. The zero-order valence-corrected chi connectivity index (χ0v) is 13.3. The van der Waals surface area contributed by atoms with Crippen molar-refractivity contribution in [1.29, 1.82) is 0 Å². The summed E-state index contributed by atoms with van der Waals surface area (Å²) >= 11 is 0. The van der Waals surface area contributed by atoms with E-state index in [0.717, 1.165) is 39.1 Å². The average Bonchev–Trinajstić information content (AvgIpc) is 2.51. The molecule has 3 N–H and O–H groups in total. The summed E-state index contributed by atoms with van der Waals surface area (Å²) in [6.07, 6.45) is 3.79. The fourth-order valence-electron chi connectivity index (χ4n) is 2.78. The number of amides is 1. The molecule has 1 fully saturated rings. The summed E-state index contributed by atoms with van der Waals surface area (Å²) in [6.45, 7) is 6.25. The van der Waals surface area contributed by atoms with E-state index in [0.29, 0.717) is 23.7 Å². The van der Waals surface area contributed by atoms with Crippen LogP contribution in [0.15, 0.2) is 6.20 Å². The molecule has 22 heavy (non-hydrogen) atoms. The van der Waals surface area contributed by atoms with Gasteiger partial charge in [0.05, 0.1) is 17.9 Å². The molecule has 0 aromatic carbocycles. The molecule has 0 saturated carbocycles. The zero-order chi connectivity index (χ0) is 15.9. The van der Waals surface area contributed by atoms with Gasteiger partial charge in [-0.25, -0.2) is 9.97 Å². The van der Waals surface area contributed by atoms with Gasteiger partial charge in [0.1, 0.15) is 0 Å². The largest absolute Gasteiger partial charge is 0.383 e. The monoisotopic (exact) mass is 307 g/mol. The van der Waals surface area contributed by atoms with Crippen molar-refractivity contribution in [2.75, 3.05) is 45.6 Å². The number of carbonyl (C=O) groups is 1. The predicted octanol–water partition coefficient (Wildman–Crippen LogP) is 0.455. The summed E-state index contributed by atoms with van der Waals surface area (Å²) in [4.78, 5) is 22.5. The molecule has 1 aromatic rings. The number of nitrogens with zero attached hydrogens (tertiary/aromatic N) is 3. The summed E-state index contributed by atoms with van der Waals surface area (Å²) in [5, 5.41) is 2.99. The number of carbonyl (C=O) groups excluding carboxylic acids is 1. The fourth-order valence-corrected chi connectivity index (χ4v) is 2.78. The molecule has 122 valence electrons. The Balaban J connectivity index is 1.82. The van der Waals surface area contributed by atoms with E-state index in [2.05, 4.69) is 20.2 Å². The van der Waals surface area contributed by atoms with Crippen LogP contribution in [0.3, 0.4) is 0 Å². The van der Waals surface area contributed by atoms with Crippen LogP contribution in [0.25, 0.3) is 0 Å². The molecule has 1 saturated heterocycles. The van der Waals surface area contributed by atoms with Gasteiger partial charge in [0.15, 0.2) is 0 Å². The van der Waals surface area contributed by atoms with Crippen LogP contribution in [0.4, 0.5) is 5.95 Å². The van der Waals surface area contributed by atoms with Crippen LogP contribution in [0.2, 0.25) is 0 Å². The Hall–Kier alpha value is -1.73. The van der Waals surface area contributed by atoms with Crippen molar-refractivity contribution in [3.63, 3.8) is 0 Å². The van der Waals surface area contributed by atoms with Gasteiger partial charge in [0.2, 0.25) is 5.95 Å². The van der Waals surface area contributed by atoms with Crippen molar-refractivity contribution in [2.45, 2.75) is 19.8 Å². The molecular formula is C15H25N5O2.